The summed E-state index contributed by atoms with van der Waals surface area (Å²) in [5.41, 5.74) is 7.69. The van der Waals surface area contributed by atoms with E-state index in [1.165, 1.54) is 7.11 Å². The van der Waals surface area contributed by atoms with Crippen molar-refractivity contribution in [1.82, 2.24) is 0 Å². The van der Waals surface area contributed by atoms with Crippen molar-refractivity contribution in [2.75, 3.05) is 25.3 Å². The van der Waals surface area contributed by atoms with Gasteiger partial charge in [0.1, 0.15) is 11.5 Å². The second-order valence-electron chi connectivity index (χ2n) is 6.42. The van der Waals surface area contributed by atoms with Crippen molar-refractivity contribution in [2.24, 2.45) is 10.7 Å². The van der Waals surface area contributed by atoms with Crippen molar-refractivity contribution >= 4 is 28.5 Å². The summed E-state index contributed by atoms with van der Waals surface area (Å²) in [6.45, 7) is 2.06. The summed E-state index contributed by atoms with van der Waals surface area (Å²) in [6, 6.07) is 12.8. The van der Waals surface area contributed by atoms with Crippen molar-refractivity contribution in [3.63, 3.8) is 0 Å². The number of nitrogens with zero attached hydrogens (tertiary/aromatic N) is 1. The third-order valence-electron chi connectivity index (χ3n) is 4.59. The van der Waals surface area contributed by atoms with Gasteiger partial charge in [0.15, 0.2) is 5.17 Å². The van der Waals surface area contributed by atoms with Crippen LogP contribution in [0.4, 0.5) is 5.69 Å². The predicted octanol–water partition coefficient (Wildman–Crippen LogP) is 3.62. The fraction of sp³-hybridized carbons (Fsp3) is 0.300. The van der Waals surface area contributed by atoms with Gasteiger partial charge in [-0.15, -0.1) is 0 Å². The first-order valence-corrected chi connectivity index (χ1v) is 9.56. The molecule has 0 saturated heterocycles. The number of amidine groups is 1. The van der Waals surface area contributed by atoms with Crippen LogP contribution in [0.25, 0.3) is 0 Å². The number of anilines is 1. The van der Waals surface area contributed by atoms with E-state index in [2.05, 4.69) is 17.2 Å². The number of carbonyl (C=O) groups excluding carboxylic acids is 1. The third-order valence-corrected chi connectivity index (χ3v) is 5.39. The third kappa shape index (κ3) is 4.19. The average molecular weight is 385 g/mol. The lowest BCUT2D eigenvalue weighted by Gasteiger charge is -2.30. The molecule has 0 radical (unpaired) electrons. The van der Waals surface area contributed by atoms with E-state index in [4.69, 9.17) is 15.2 Å². The molecule has 27 heavy (non-hydrogen) atoms. The van der Waals surface area contributed by atoms with E-state index in [9.17, 15) is 4.79 Å². The van der Waals surface area contributed by atoms with Crippen LogP contribution < -0.4 is 20.5 Å². The van der Waals surface area contributed by atoms with E-state index in [0.29, 0.717) is 27.9 Å². The number of ether oxygens (including phenoxy) is 2. The van der Waals surface area contributed by atoms with Crippen LogP contribution in [0.2, 0.25) is 0 Å². The van der Waals surface area contributed by atoms with Crippen LogP contribution >= 0.6 is 11.8 Å². The molecule has 1 unspecified atom stereocenters. The van der Waals surface area contributed by atoms with E-state index in [-0.39, 0.29) is 11.4 Å². The molecule has 7 heteroatoms. The molecular formula is C20H23N3O3S. The van der Waals surface area contributed by atoms with Crippen molar-refractivity contribution in [3.05, 3.63) is 53.6 Å². The molecule has 1 atom stereocenters. The minimum atomic E-state index is -0.381. The second-order valence-corrected chi connectivity index (χ2v) is 7.54. The minimum absolute atomic E-state index is 0.251. The van der Waals surface area contributed by atoms with Crippen molar-refractivity contribution in [3.8, 4) is 11.5 Å². The van der Waals surface area contributed by atoms with Gasteiger partial charge in [0.25, 0.3) is 5.91 Å². The molecule has 142 valence electrons. The summed E-state index contributed by atoms with van der Waals surface area (Å²) in [6.07, 6.45) is 0.891. The first kappa shape index (κ1) is 19.1. The predicted molar refractivity (Wildman–Crippen MR) is 110 cm³/mol. The molecule has 1 aliphatic heterocycles. The summed E-state index contributed by atoms with van der Waals surface area (Å²) in [4.78, 5) is 17.4. The van der Waals surface area contributed by atoms with Crippen LogP contribution in [0.1, 0.15) is 29.3 Å². The van der Waals surface area contributed by atoms with Crippen LogP contribution in [-0.4, -0.2) is 31.0 Å². The van der Waals surface area contributed by atoms with E-state index >= 15 is 0 Å². The number of aliphatic imine (C=N–C) groups is 1. The van der Waals surface area contributed by atoms with Gasteiger partial charge in [0.2, 0.25) is 0 Å². The lowest BCUT2D eigenvalue weighted by molar-refractivity contribution is 0.102. The Labute approximate surface area is 163 Å². The Hall–Kier alpha value is -2.67. The number of hydrogen-bond donors (Lipinski definition) is 2. The molecule has 6 nitrogen and oxygen atoms in total. The van der Waals surface area contributed by atoms with Gasteiger partial charge in [-0.1, -0.05) is 23.9 Å². The van der Waals surface area contributed by atoms with E-state index in [1.807, 2.05) is 24.3 Å². The van der Waals surface area contributed by atoms with Gasteiger partial charge in [-0.05, 0) is 43.2 Å². The maximum Gasteiger partial charge on any atom is 0.259 e. The molecule has 1 aliphatic rings. The van der Waals surface area contributed by atoms with Crippen molar-refractivity contribution in [1.29, 1.82) is 0 Å². The quantitative estimate of drug-likeness (QED) is 0.821. The van der Waals surface area contributed by atoms with Gasteiger partial charge in [-0.3, -0.25) is 9.79 Å². The summed E-state index contributed by atoms with van der Waals surface area (Å²) < 4.78 is 10.5. The van der Waals surface area contributed by atoms with Crippen LogP contribution in [0.3, 0.4) is 0 Å². The summed E-state index contributed by atoms with van der Waals surface area (Å²) >= 11 is 1.57. The number of hydrogen-bond acceptors (Lipinski definition) is 6. The molecule has 3 rings (SSSR count). The molecule has 0 fully saturated rings. The van der Waals surface area contributed by atoms with Gasteiger partial charge in [0, 0.05) is 17.5 Å². The number of carbonyl (C=O) groups is 1. The van der Waals surface area contributed by atoms with Gasteiger partial charge in [-0.25, -0.2) is 0 Å². The van der Waals surface area contributed by atoms with Gasteiger partial charge < -0.3 is 20.5 Å². The number of benzene rings is 2. The monoisotopic (exact) mass is 385 g/mol. The smallest absolute Gasteiger partial charge is 0.259 e. The molecule has 0 aromatic heterocycles. The molecule has 0 bridgehead atoms. The molecule has 2 aromatic carbocycles. The summed E-state index contributed by atoms with van der Waals surface area (Å²) in [5.74, 6) is 1.76. The number of nitrogens with one attached hydrogen (secondary N) is 1. The molecule has 0 saturated carbocycles. The van der Waals surface area contributed by atoms with Crippen LogP contribution in [0.15, 0.2) is 47.5 Å². The van der Waals surface area contributed by atoms with Crippen LogP contribution in [0, 0.1) is 0 Å². The Morgan fingerprint density at radius 3 is 2.74 bits per heavy atom. The number of thioether (sulfide) groups is 1. The fourth-order valence-corrected chi connectivity index (χ4v) is 3.99. The number of methoxy groups -OCH3 is 2. The lowest BCUT2D eigenvalue weighted by atomic mass is 9.89. The number of rotatable bonds is 5. The zero-order chi connectivity index (χ0) is 19.4. The largest absolute Gasteiger partial charge is 0.497 e. The van der Waals surface area contributed by atoms with E-state index in [0.717, 1.165) is 17.7 Å². The zero-order valence-electron chi connectivity index (χ0n) is 15.6. The number of amides is 1. The fourth-order valence-electron chi connectivity index (χ4n) is 3.01. The maximum absolute atomic E-state index is 12.7. The van der Waals surface area contributed by atoms with Crippen molar-refractivity contribution < 1.29 is 14.3 Å². The standard InChI is InChI=1S/C20H23N3O3S/c1-20(9-10-27-19(21)23-20)13-5-4-6-14(11-13)22-18(24)16-8-7-15(25-2)12-17(16)26-3/h4-8,11-12H,9-10H2,1-3H3,(H2,21,23)(H,22,24). The second kappa shape index (κ2) is 7.92. The highest BCUT2D eigenvalue weighted by Crippen LogP contribution is 2.36. The topological polar surface area (TPSA) is 85.9 Å². The van der Waals surface area contributed by atoms with E-state index in [1.54, 1.807) is 37.1 Å². The highest BCUT2D eigenvalue weighted by atomic mass is 32.2. The minimum Gasteiger partial charge on any atom is -0.497 e. The molecule has 0 spiro atoms. The van der Waals surface area contributed by atoms with Crippen molar-refractivity contribution in [2.45, 2.75) is 18.9 Å². The first-order chi connectivity index (χ1) is 12.9. The Morgan fingerprint density at radius 2 is 2.04 bits per heavy atom. The Kier molecular flexibility index (Phi) is 5.60. The molecule has 2 aromatic rings. The molecule has 1 heterocycles. The Balaban J connectivity index is 1.85. The molecule has 1 amide bonds. The van der Waals surface area contributed by atoms with Crippen LogP contribution in [0.5, 0.6) is 11.5 Å². The Bertz CT molecular complexity index is 885. The number of nitrogens with two attached hydrogens (primary N) is 1. The molecule has 0 aliphatic carbocycles. The summed E-state index contributed by atoms with van der Waals surface area (Å²) in [7, 11) is 3.09. The first-order valence-electron chi connectivity index (χ1n) is 8.57. The highest BCUT2D eigenvalue weighted by Gasteiger charge is 2.29. The zero-order valence-corrected chi connectivity index (χ0v) is 16.4. The average Bonchev–Trinajstić information content (AvgIpc) is 2.67. The molecule has 3 N–H and O–H groups in total. The highest BCUT2D eigenvalue weighted by molar-refractivity contribution is 8.13. The maximum atomic E-state index is 12.7. The lowest BCUT2D eigenvalue weighted by Crippen LogP contribution is -2.28. The van der Waals surface area contributed by atoms with Crippen LogP contribution in [-0.2, 0) is 5.54 Å². The molecular weight excluding hydrogens is 362 g/mol. The van der Waals surface area contributed by atoms with Gasteiger partial charge in [0.05, 0.1) is 25.3 Å². The van der Waals surface area contributed by atoms with Gasteiger partial charge >= 0.3 is 0 Å². The van der Waals surface area contributed by atoms with E-state index < -0.39 is 0 Å². The Morgan fingerprint density at radius 1 is 1.22 bits per heavy atom. The SMILES string of the molecule is COc1ccc(C(=O)Nc2cccc(C3(C)CCSC(N)=N3)c2)c(OC)c1. The van der Waals surface area contributed by atoms with Gasteiger partial charge in [-0.2, -0.15) is 0 Å². The summed E-state index contributed by atoms with van der Waals surface area (Å²) in [5, 5.41) is 3.53. The normalized spacial score (nSPS) is 19.1.